The van der Waals surface area contributed by atoms with Gasteiger partial charge in [-0.25, -0.2) is 0 Å². The Morgan fingerprint density at radius 1 is 1.35 bits per heavy atom. The molecule has 0 amide bonds. The van der Waals surface area contributed by atoms with Gasteiger partial charge >= 0.3 is 0 Å². The summed E-state index contributed by atoms with van der Waals surface area (Å²) in [7, 11) is 0. The third kappa shape index (κ3) is 4.88. The largest absolute Gasteiger partial charge is 0.310 e. The Kier molecular flexibility index (Phi) is 6.56. The standard InChI is InChI=1S/C16H19BrClNS/c1-2-6-19-16(4-3-12-5-7-20-11-12)13-8-14(17)10-15(18)9-13/h5,7-11,16,19H,2-4,6H2,1H3. The van der Waals surface area contributed by atoms with Crippen LogP contribution in [0, 0.1) is 0 Å². The van der Waals surface area contributed by atoms with E-state index in [4.69, 9.17) is 11.6 Å². The van der Waals surface area contributed by atoms with E-state index in [0.717, 1.165) is 35.3 Å². The molecule has 108 valence electrons. The van der Waals surface area contributed by atoms with Gasteiger partial charge in [-0.2, -0.15) is 11.3 Å². The Bertz CT molecular complexity index is 507. The lowest BCUT2D eigenvalue weighted by Crippen LogP contribution is -2.22. The maximum absolute atomic E-state index is 6.17. The van der Waals surface area contributed by atoms with E-state index in [1.165, 1.54) is 11.1 Å². The van der Waals surface area contributed by atoms with Crippen molar-refractivity contribution in [1.29, 1.82) is 0 Å². The molecule has 1 aromatic heterocycles. The molecule has 0 aliphatic rings. The summed E-state index contributed by atoms with van der Waals surface area (Å²) >= 11 is 11.5. The van der Waals surface area contributed by atoms with Crippen molar-refractivity contribution in [2.75, 3.05) is 6.54 Å². The molecule has 0 saturated carbocycles. The maximum Gasteiger partial charge on any atom is 0.0420 e. The Hall–Kier alpha value is -0.350. The zero-order valence-electron chi connectivity index (χ0n) is 11.5. The molecule has 0 bridgehead atoms. The lowest BCUT2D eigenvalue weighted by Gasteiger charge is -2.19. The number of rotatable bonds is 7. The fraction of sp³-hybridized carbons (Fsp3) is 0.375. The van der Waals surface area contributed by atoms with Gasteiger partial charge in [0.2, 0.25) is 0 Å². The molecule has 0 aliphatic heterocycles. The fourth-order valence-electron chi connectivity index (χ4n) is 2.23. The van der Waals surface area contributed by atoms with Gasteiger partial charge in [-0.15, -0.1) is 0 Å². The first-order chi connectivity index (χ1) is 9.69. The smallest absolute Gasteiger partial charge is 0.0420 e. The van der Waals surface area contributed by atoms with E-state index in [2.05, 4.69) is 57.1 Å². The van der Waals surface area contributed by atoms with Crippen molar-refractivity contribution in [3.63, 3.8) is 0 Å². The van der Waals surface area contributed by atoms with Gasteiger partial charge in [-0.1, -0.05) is 34.5 Å². The molecule has 1 nitrogen and oxygen atoms in total. The van der Waals surface area contributed by atoms with Crippen LogP contribution in [0.25, 0.3) is 0 Å². The predicted molar refractivity (Wildman–Crippen MR) is 92.8 cm³/mol. The average Bonchev–Trinajstić information content (AvgIpc) is 2.91. The molecular formula is C16H19BrClNS. The fourth-order valence-corrected chi connectivity index (χ4v) is 3.82. The summed E-state index contributed by atoms with van der Waals surface area (Å²) in [6.07, 6.45) is 3.31. The van der Waals surface area contributed by atoms with Crippen molar-refractivity contribution >= 4 is 38.9 Å². The van der Waals surface area contributed by atoms with E-state index in [1.807, 2.05) is 6.07 Å². The monoisotopic (exact) mass is 371 g/mol. The van der Waals surface area contributed by atoms with Crippen molar-refractivity contribution < 1.29 is 0 Å². The number of aryl methyl sites for hydroxylation is 1. The van der Waals surface area contributed by atoms with Crippen LogP contribution >= 0.6 is 38.9 Å². The van der Waals surface area contributed by atoms with E-state index in [1.54, 1.807) is 11.3 Å². The highest BCUT2D eigenvalue weighted by molar-refractivity contribution is 9.10. The van der Waals surface area contributed by atoms with Gasteiger partial charge in [0.15, 0.2) is 0 Å². The SMILES string of the molecule is CCCNC(CCc1ccsc1)c1cc(Cl)cc(Br)c1. The highest BCUT2D eigenvalue weighted by Gasteiger charge is 2.12. The van der Waals surface area contributed by atoms with Crippen molar-refractivity contribution in [3.8, 4) is 0 Å². The van der Waals surface area contributed by atoms with Crippen molar-refractivity contribution in [2.45, 2.75) is 32.2 Å². The number of benzene rings is 1. The Morgan fingerprint density at radius 2 is 2.20 bits per heavy atom. The molecule has 0 aliphatic carbocycles. The summed E-state index contributed by atoms with van der Waals surface area (Å²) in [5, 5.41) is 8.78. The molecule has 1 atom stereocenters. The Balaban J connectivity index is 2.09. The van der Waals surface area contributed by atoms with Gasteiger partial charge < -0.3 is 5.32 Å². The second kappa shape index (κ2) is 8.18. The number of thiophene rings is 1. The highest BCUT2D eigenvalue weighted by Crippen LogP contribution is 2.27. The molecule has 0 saturated heterocycles. The molecule has 2 aromatic rings. The van der Waals surface area contributed by atoms with E-state index in [9.17, 15) is 0 Å². The molecule has 0 spiro atoms. The van der Waals surface area contributed by atoms with Crippen molar-refractivity contribution in [3.05, 3.63) is 55.6 Å². The second-order valence-electron chi connectivity index (χ2n) is 4.88. The molecular weight excluding hydrogens is 354 g/mol. The summed E-state index contributed by atoms with van der Waals surface area (Å²) in [5.41, 5.74) is 2.67. The molecule has 20 heavy (non-hydrogen) atoms. The van der Waals surface area contributed by atoms with Crippen molar-refractivity contribution in [1.82, 2.24) is 5.32 Å². The molecule has 1 unspecified atom stereocenters. The van der Waals surface area contributed by atoms with Gasteiger partial charge in [0.1, 0.15) is 0 Å². The van der Waals surface area contributed by atoms with E-state index >= 15 is 0 Å². The summed E-state index contributed by atoms with van der Waals surface area (Å²) in [5.74, 6) is 0. The van der Waals surface area contributed by atoms with Crippen LogP contribution in [-0.4, -0.2) is 6.54 Å². The van der Waals surface area contributed by atoms with Gasteiger partial charge in [-0.05, 0) is 72.0 Å². The number of hydrogen-bond acceptors (Lipinski definition) is 2. The zero-order valence-corrected chi connectivity index (χ0v) is 14.7. The summed E-state index contributed by atoms with van der Waals surface area (Å²) in [6.45, 7) is 3.22. The second-order valence-corrected chi connectivity index (χ2v) is 7.01. The molecule has 0 radical (unpaired) electrons. The summed E-state index contributed by atoms with van der Waals surface area (Å²) in [4.78, 5) is 0. The minimum atomic E-state index is 0.352. The molecule has 1 heterocycles. The van der Waals surface area contributed by atoms with E-state index < -0.39 is 0 Å². The quantitative estimate of drug-likeness (QED) is 0.644. The zero-order chi connectivity index (χ0) is 14.4. The van der Waals surface area contributed by atoms with Gasteiger partial charge in [0.25, 0.3) is 0 Å². The van der Waals surface area contributed by atoms with Crippen LogP contribution in [0.1, 0.15) is 36.9 Å². The van der Waals surface area contributed by atoms with Gasteiger partial charge in [0, 0.05) is 15.5 Å². The normalized spacial score (nSPS) is 12.6. The topological polar surface area (TPSA) is 12.0 Å². The van der Waals surface area contributed by atoms with Gasteiger partial charge in [-0.3, -0.25) is 0 Å². The van der Waals surface area contributed by atoms with Crippen LogP contribution in [0.2, 0.25) is 5.02 Å². The average molecular weight is 373 g/mol. The molecule has 1 aromatic carbocycles. The van der Waals surface area contributed by atoms with E-state index in [-0.39, 0.29) is 0 Å². The maximum atomic E-state index is 6.17. The summed E-state index contributed by atoms with van der Waals surface area (Å²) < 4.78 is 1.04. The van der Waals surface area contributed by atoms with Crippen LogP contribution in [0.3, 0.4) is 0 Å². The van der Waals surface area contributed by atoms with E-state index in [0.29, 0.717) is 6.04 Å². The molecule has 0 fully saturated rings. The number of nitrogens with one attached hydrogen (secondary N) is 1. The Labute approximate surface area is 138 Å². The number of hydrogen-bond donors (Lipinski definition) is 1. The third-order valence-electron chi connectivity index (χ3n) is 3.23. The number of halogens is 2. The minimum absolute atomic E-state index is 0.352. The Morgan fingerprint density at radius 3 is 2.85 bits per heavy atom. The first kappa shape index (κ1) is 16.0. The first-order valence-corrected chi connectivity index (χ1v) is 9.01. The van der Waals surface area contributed by atoms with Crippen LogP contribution < -0.4 is 5.32 Å². The molecule has 1 N–H and O–H groups in total. The first-order valence-electron chi connectivity index (χ1n) is 6.89. The third-order valence-corrected chi connectivity index (χ3v) is 4.64. The molecule has 4 heteroatoms. The van der Waals surface area contributed by atoms with Crippen LogP contribution in [0.5, 0.6) is 0 Å². The lowest BCUT2D eigenvalue weighted by molar-refractivity contribution is 0.499. The van der Waals surface area contributed by atoms with Crippen LogP contribution in [-0.2, 0) is 6.42 Å². The lowest BCUT2D eigenvalue weighted by atomic mass is 10.00. The van der Waals surface area contributed by atoms with Crippen LogP contribution in [0.4, 0.5) is 0 Å². The van der Waals surface area contributed by atoms with Crippen molar-refractivity contribution in [2.24, 2.45) is 0 Å². The highest BCUT2D eigenvalue weighted by atomic mass is 79.9. The molecule has 2 rings (SSSR count). The summed E-state index contributed by atoms with van der Waals surface area (Å²) in [6, 6.07) is 8.71. The predicted octanol–water partition coefficient (Wildman–Crippen LogP) is 5.84. The van der Waals surface area contributed by atoms with Crippen LogP contribution in [0.15, 0.2) is 39.5 Å². The van der Waals surface area contributed by atoms with Gasteiger partial charge in [0.05, 0.1) is 0 Å². The minimum Gasteiger partial charge on any atom is -0.310 e.